The van der Waals surface area contributed by atoms with E-state index in [-0.39, 0.29) is 6.73 Å². The lowest BCUT2D eigenvalue weighted by molar-refractivity contribution is 0.164. The van der Waals surface area contributed by atoms with Crippen LogP contribution >= 0.6 is 0 Å². The van der Waals surface area contributed by atoms with Gasteiger partial charge < -0.3 is 4.74 Å². The Morgan fingerprint density at radius 2 is 2.33 bits per heavy atom. The van der Waals surface area contributed by atoms with E-state index in [4.69, 9.17) is 9.88 Å². The van der Waals surface area contributed by atoms with Gasteiger partial charge in [-0.05, 0) is 0 Å². The molecule has 0 bridgehead atoms. The van der Waals surface area contributed by atoms with Gasteiger partial charge in [0.25, 0.3) is 0 Å². The maximum Gasteiger partial charge on any atom is 0.237 e. The van der Waals surface area contributed by atoms with Crippen molar-refractivity contribution in [1.82, 2.24) is 5.32 Å². The molecule has 1 fully saturated rings. The first kappa shape index (κ1) is 6.94. The summed E-state index contributed by atoms with van der Waals surface area (Å²) in [6, 6.07) is 0. The summed E-state index contributed by atoms with van der Waals surface area (Å²) in [5, 5.41) is 7.45. The molecule has 54 valence electrons. The van der Waals surface area contributed by atoms with Crippen LogP contribution in [-0.2, 0) is 14.8 Å². The summed E-state index contributed by atoms with van der Waals surface area (Å²) in [4.78, 5) is 0. The van der Waals surface area contributed by atoms with Gasteiger partial charge >= 0.3 is 0 Å². The standard InChI is InChI=1S/C3H8N2O3S/c4-9(6,7)3-1-5-2-8-3/h3,5H,1-2H2,(H2,4,6,7). The maximum atomic E-state index is 10.4. The first-order chi connectivity index (χ1) is 4.11. The Morgan fingerprint density at radius 1 is 1.67 bits per heavy atom. The molecule has 6 heteroatoms. The van der Waals surface area contributed by atoms with Gasteiger partial charge in [0.05, 0.1) is 6.73 Å². The molecule has 1 heterocycles. The summed E-state index contributed by atoms with van der Waals surface area (Å²) in [5.41, 5.74) is -0.850. The normalized spacial score (nSPS) is 28.8. The van der Waals surface area contributed by atoms with Gasteiger partial charge in [-0.2, -0.15) is 0 Å². The van der Waals surface area contributed by atoms with Crippen LogP contribution in [0.3, 0.4) is 0 Å². The van der Waals surface area contributed by atoms with Crippen molar-refractivity contribution in [2.75, 3.05) is 13.3 Å². The van der Waals surface area contributed by atoms with E-state index in [2.05, 4.69) is 5.32 Å². The fraction of sp³-hybridized carbons (Fsp3) is 1.00. The molecule has 0 aromatic carbocycles. The molecule has 5 nitrogen and oxygen atoms in total. The van der Waals surface area contributed by atoms with Crippen molar-refractivity contribution in [2.24, 2.45) is 5.14 Å². The van der Waals surface area contributed by atoms with E-state index in [9.17, 15) is 8.42 Å². The number of nitrogens with one attached hydrogen (secondary N) is 1. The van der Waals surface area contributed by atoms with Crippen LogP contribution < -0.4 is 10.5 Å². The number of sulfonamides is 1. The summed E-state index contributed by atoms with van der Waals surface area (Å²) >= 11 is 0. The number of nitrogens with two attached hydrogens (primary N) is 1. The summed E-state index contributed by atoms with van der Waals surface area (Å²) in [6.07, 6.45) is 0. The van der Waals surface area contributed by atoms with Crippen LogP contribution in [0.5, 0.6) is 0 Å². The number of ether oxygens (including phenoxy) is 1. The van der Waals surface area contributed by atoms with E-state index >= 15 is 0 Å². The first-order valence-electron chi connectivity index (χ1n) is 2.44. The number of hydrogen-bond donors (Lipinski definition) is 2. The Hall–Kier alpha value is -0.170. The summed E-state index contributed by atoms with van der Waals surface area (Å²) in [6.45, 7) is 0.555. The van der Waals surface area contributed by atoms with Gasteiger partial charge in [-0.15, -0.1) is 0 Å². The monoisotopic (exact) mass is 152 g/mol. The van der Waals surface area contributed by atoms with Crippen molar-refractivity contribution in [3.05, 3.63) is 0 Å². The molecular weight excluding hydrogens is 144 g/mol. The van der Waals surface area contributed by atoms with Crippen molar-refractivity contribution < 1.29 is 13.2 Å². The summed E-state index contributed by atoms with van der Waals surface area (Å²) in [5.74, 6) is 0. The molecule has 3 N–H and O–H groups in total. The van der Waals surface area contributed by atoms with Crippen molar-refractivity contribution in [2.45, 2.75) is 5.44 Å². The molecule has 0 saturated carbocycles. The minimum atomic E-state index is -3.49. The van der Waals surface area contributed by atoms with Crippen LogP contribution in [0.1, 0.15) is 0 Å². The Kier molecular flexibility index (Phi) is 1.71. The average molecular weight is 152 g/mol. The van der Waals surface area contributed by atoms with Crippen LogP contribution in [0.4, 0.5) is 0 Å². The number of hydrogen-bond acceptors (Lipinski definition) is 4. The van der Waals surface area contributed by atoms with Crippen LogP contribution in [-0.4, -0.2) is 27.1 Å². The lowest BCUT2D eigenvalue weighted by Crippen LogP contribution is -2.31. The minimum absolute atomic E-state index is 0.265. The molecule has 1 rings (SSSR count). The highest BCUT2D eigenvalue weighted by Crippen LogP contribution is 2.00. The van der Waals surface area contributed by atoms with E-state index in [1.807, 2.05) is 0 Å². The predicted molar refractivity (Wildman–Crippen MR) is 30.8 cm³/mol. The highest BCUT2D eigenvalue weighted by molar-refractivity contribution is 7.89. The molecule has 9 heavy (non-hydrogen) atoms. The molecular formula is C3H8N2O3S. The summed E-state index contributed by atoms with van der Waals surface area (Å²) in [7, 11) is -3.49. The molecule has 1 atom stereocenters. The van der Waals surface area contributed by atoms with Crippen LogP contribution in [0, 0.1) is 0 Å². The largest absolute Gasteiger partial charge is 0.344 e. The fourth-order valence-electron chi connectivity index (χ4n) is 0.599. The zero-order valence-corrected chi connectivity index (χ0v) is 5.52. The molecule has 0 spiro atoms. The molecule has 0 aromatic rings. The van der Waals surface area contributed by atoms with Gasteiger partial charge in [0.2, 0.25) is 10.0 Å². The molecule has 0 radical (unpaired) electrons. The van der Waals surface area contributed by atoms with Crippen molar-refractivity contribution in [1.29, 1.82) is 0 Å². The SMILES string of the molecule is NS(=O)(=O)C1CNCO1. The smallest absolute Gasteiger partial charge is 0.237 e. The van der Waals surface area contributed by atoms with Gasteiger partial charge in [0.1, 0.15) is 0 Å². The average Bonchev–Trinajstić information content (AvgIpc) is 2.08. The second-order valence-electron chi connectivity index (χ2n) is 1.78. The number of rotatable bonds is 1. The van der Waals surface area contributed by atoms with Crippen molar-refractivity contribution in [3.8, 4) is 0 Å². The van der Waals surface area contributed by atoms with E-state index in [1.54, 1.807) is 0 Å². The van der Waals surface area contributed by atoms with Crippen molar-refractivity contribution >= 4 is 10.0 Å². The minimum Gasteiger partial charge on any atom is -0.344 e. The molecule has 0 aliphatic carbocycles. The molecule has 1 unspecified atom stereocenters. The third kappa shape index (κ3) is 1.62. The molecule has 1 saturated heterocycles. The molecule has 1 aliphatic rings. The highest BCUT2D eigenvalue weighted by atomic mass is 32.2. The van der Waals surface area contributed by atoms with Crippen LogP contribution in [0.15, 0.2) is 0 Å². The second kappa shape index (κ2) is 2.22. The second-order valence-corrected chi connectivity index (χ2v) is 3.49. The van der Waals surface area contributed by atoms with Gasteiger partial charge in [-0.3, -0.25) is 5.32 Å². The van der Waals surface area contributed by atoms with Crippen LogP contribution in [0.25, 0.3) is 0 Å². The fourth-order valence-corrected chi connectivity index (χ4v) is 1.21. The highest BCUT2D eigenvalue weighted by Gasteiger charge is 2.25. The Balaban J connectivity index is 2.63. The molecule has 0 aromatic heterocycles. The third-order valence-corrected chi connectivity index (χ3v) is 2.08. The number of primary sulfonamides is 1. The van der Waals surface area contributed by atoms with Crippen molar-refractivity contribution in [3.63, 3.8) is 0 Å². The predicted octanol–water partition coefficient (Wildman–Crippen LogP) is -1.82. The van der Waals surface area contributed by atoms with Gasteiger partial charge in [0.15, 0.2) is 5.44 Å². The Morgan fingerprint density at radius 3 is 2.56 bits per heavy atom. The molecule has 0 amide bonds. The maximum absolute atomic E-state index is 10.4. The van der Waals surface area contributed by atoms with E-state index in [1.165, 1.54) is 0 Å². The van der Waals surface area contributed by atoms with Gasteiger partial charge in [-0.25, -0.2) is 13.6 Å². The van der Waals surface area contributed by atoms with Gasteiger partial charge in [0, 0.05) is 6.54 Å². The van der Waals surface area contributed by atoms with E-state index < -0.39 is 15.5 Å². The zero-order valence-electron chi connectivity index (χ0n) is 4.70. The topological polar surface area (TPSA) is 81.4 Å². The quantitative estimate of drug-likeness (QED) is 0.463. The van der Waals surface area contributed by atoms with Gasteiger partial charge in [-0.1, -0.05) is 0 Å². The molecule has 1 aliphatic heterocycles. The Labute approximate surface area is 53.2 Å². The van der Waals surface area contributed by atoms with E-state index in [0.717, 1.165) is 0 Å². The Bertz CT molecular complexity index is 181. The third-order valence-electron chi connectivity index (χ3n) is 1.05. The lowest BCUT2D eigenvalue weighted by Gasteiger charge is -2.02. The lowest BCUT2D eigenvalue weighted by atomic mass is 10.7. The van der Waals surface area contributed by atoms with E-state index in [0.29, 0.717) is 6.54 Å². The summed E-state index contributed by atoms with van der Waals surface area (Å²) < 4.78 is 25.6. The zero-order chi connectivity index (χ0) is 6.91. The van der Waals surface area contributed by atoms with Crippen LogP contribution in [0.2, 0.25) is 0 Å². The first-order valence-corrected chi connectivity index (χ1v) is 4.05.